The number of nitrogens with one attached hydrogen (secondary N) is 2. The first kappa shape index (κ1) is 15.1. The molecule has 0 aromatic heterocycles. The van der Waals surface area contributed by atoms with E-state index in [2.05, 4.69) is 10.6 Å². The molecule has 0 bridgehead atoms. The van der Waals surface area contributed by atoms with Crippen LogP contribution in [0.3, 0.4) is 0 Å². The maximum absolute atomic E-state index is 13.6. The second-order valence-electron chi connectivity index (χ2n) is 4.84. The molecule has 104 valence electrons. The van der Waals surface area contributed by atoms with Gasteiger partial charge < -0.3 is 10.6 Å². The molecule has 4 nitrogen and oxygen atoms in total. The van der Waals surface area contributed by atoms with E-state index in [9.17, 15) is 14.0 Å². The Hall–Kier alpha value is -1.91. The van der Waals surface area contributed by atoms with Crippen LogP contribution in [0.15, 0.2) is 18.2 Å². The quantitative estimate of drug-likeness (QED) is 0.872. The van der Waals surface area contributed by atoms with Crippen LogP contribution < -0.4 is 10.6 Å². The van der Waals surface area contributed by atoms with Gasteiger partial charge in [-0.3, -0.25) is 9.59 Å². The van der Waals surface area contributed by atoms with Crippen molar-refractivity contribution >= 4 is 11.8 Å². The lowest BCUT2D eigenvalue weighted by Gasteiger charge is -2.16. The molecule has 0 fully saturated rings. The van der Waals surface area contributed by atoms with Crippen LogP contribution in [-0.2, 0) is 4.79 Å². The summed E-state index contributed by atoms with van der Waals surface area (Å²) >= 11 is 0. The molecule has 1 aromatic carbocycles. The Morgan fingerprint density at radius 1 is 1.16 bits per heavy atom. The number of hydrogen-bond donors (Lipinski definition) is 2. The van der Waals surface area contributed by atoms with Gasteiger partial charge in [0.2, 0.25) is 5.91 Å². The van der Waals surface area contributed by atoms with Crippen molar-refractivity contribution in [3.05, 3.63) is 35.1 Å². The zero-order valence-electron chi connectivity index (χ0n) is 11.6. The SMILES string of the molecule is Cc1ccc(C(=O)NC(C)C(=O)NC(C)C)c(F)c1. The zero-order chi connectivity index (χ0) is 14.6. The molecule has 1 atom stereocenters. The first-order valence-electron chi connectivity index (χ1n) is 6.18. The number of carbonyl (C=O) groups is 2. The number of halogens is 1. The molecule has 0 saturated carbocycles. The first-order chi connectivity index (χ1) is 8.81. The van der Waals surface area contributed by atoms with Gasteiger partial charge in [-0.15, -0.1) is 0 Å². The second kappa shape index (κ2) is 6.31. The van der Waals surface area contributed by atoms with E-state index < -0.39 is 17.8 Å². The molecule has 5 heteroatoms. The van der Waals surface area contributed by atoms with Crippen molar-refractivity contribution < 1.29 is 14.0 Å². The van der Waals surface area contributed by atoms with Gasteiger partial charge in [-0.1, -0.05) is 6.07 Å². The molecule has 1 aromatic rings. The topological polar surface area (TPSA) is 58.2 Å². The number of aryl methyl sites for hydroxylation is 1. The monoisotopic (exact) mass is 266 g/mol. The summed E-state index contributed by atoms with van der Waals surface area (Å²) in [5.74, 6) is -1.48. The van der Waals surface area contributed by atoms with Crippen LogP contribution in [0.25, 0.3) is 0 Å². The van der Waals surface area contributed by atoms with E-state index in [1.807, 2.05) is 13.8 Å². The highest BCUT2D eigenvalue weighted by Gasteiger charge is 2.19. The molecule has 19 heavy (non-hydrogen) atoms. The molecule has 2 amide bonds. The minimum Gasteiger partial charge on any atom is -0.352 e. The van der Waals surface area contributed by atoms with E-state index in [4.69, 9.17) is 0 Å². The van der Waals surface area contributed by atoms with Gasteiger partial charge in [0.1, 0.15) is 11.9 Å². The zero-order valence-corrected chi connectivity index (χ0v) is 11.6. The van der Waals surface area contributed by atoms with E-state index in [0.717, 1.165) is 5.56 Å². The lowest BCUT2D eigenvalue weighted by molar-refractivity contribution is -0.123. The summed E-state index contributed by atoms with van der Waals surface area (Å²) in [5.41, 5.74) is 0.675. The van der Waals surface area contributed by atoms with Crippen molar-refractivity contribution in [2.75, 3.05) is 0 Å². The highest BCUT2D eigenvalue weighted by atomic mass is 19.1. The van der Waals surface area contributed by atoms with Crippen LogP contribution in [0.5, 0.6) is 0 Å². The van der Waals surface area contributed by atoms with Crippen molar-refractivity contribution in [1.82, 2.24) is 10.6 Å². The van der Waals surface area contributed by atoms with Crippen LogP contribution in [0.1, 0.15) is 36.7 Å². The van der Waals surface area contributed by atoms with Crippen LogP contribution in [0.4, 0.5) is 4.39 Å². The third-order valence-corrected chi connectivity index (χ3v) is 2.54. The van der Waals surface area contributed by atoms with E-state index >= 15 is 0 Å². The molecule has 0 saturated heterocycles. The van der Waals surface area contributed by atoms with Crippen molar-refractivity contribution in [3.8, 4) is 0 Å². The number of benzene rings is 1. The molecule has 1 rings (SSSR count). The molecule has 0 radical (unpaired) electrons. The fourth-order valence-electron chi connectivity index (χ4n) is 1.55. The third kappa shape index (κ3) is 4.35. The van der Waals surface area contributed by atoms with Crippen molar-refractivity contribution in [1.29, 1.82) is 0 Å². The Morgan fingerprint density at radius 2 is 1.79 bits per heavy atom. The van der Waals surface area contributed by atoms with Gasteiger partial charge in [-0.2, -0.15) is 0 Å². The predicted molar refractivity (Wildman–Crippen MR) is 71.3 cm³/mol. The van der Waals surface area contributed by atoms with Crippen molar-refractivity contribution in [2.24, 2.45) is 0 Å². The van der Waals surface area contributed by atoms with E-state index in [0.29, 0.717) is 0 Å². The average molecular weight is 266 g/mol. The normalized spacial score (nSPS) is 12.1. The number of hydrogen-bond acceptors (Lipinski definition) is 2. The van der Waals surface area contributed by atoms with Crippen LogP contribution >= 0.6 is 0 Å². The standard InChI is InChI=1S/C14H19FN2O2/c1-8(2)16-13(18)10(4)17-14(19)11-6-5-9(3)7-12(11)15/h5-8,10H,1-4H3,(H,16,18)(H,17,19). The summed E-state index contributed by atoms with van der Waals surface area (Å²) in [6.07, 6.45) is 0. The van der Waals surface area contributed by atoms with Gasteiger partial charge in [0.05, 0.1) is 5.56 Å². The first-order valence-corrected chi connectivity index (χ1v) is 6.18. The second-order valence-corrected chi connectivity index (χ2v) is 4.84. The largest absolute Gasteiger partial charge is 0.352 e. The molecular formula is C14H19FN2O2. The highest BCUT2D eigenvalue weighted by molar-refractivity contribution is 5.97. The Labute approximate surface area is 112 Å². The smallest absolute Gasteiger partial charge is 0.254 e. The molecule has 0 aliphatic heterocycles. The number of amides is 2. The Bertz CT molecular complexity index is 486. The highest BCUT2D eigenvalue weighted by Crippen LogP contribution is 2.09. The van der Waals surface area contributed by atoms with Gasteiger partial charge >= 0.3 is 0 Å². The Balaban J connectivity index is 2.71. The molecular weight excluding hydrogens is 247 g/mol. The lowest BCUT2D eigenvalue weighted by Crippen LogP contribution is -2.46. The van der Waals surface area contributed by atoms with E-state index in [1.165, 1.54) is 12.1 Å². The minimum absolute atomic E-state index is 0.0111. The predicted octanol–water partition coefficient (Wildman–Crippen LogP) is 1.78. The summed E-state index contributed by atoms with van der Waals surface area (Å²) in [6, 6.07) is 3.62. The van der Waals surface area contributed by atoms with Gasteiger partial charge in [0, 0.05) is 6.04 Å². The molecule has 0 aliphatic carbocycles. The molecule has 2 N–H and O–H groups in total. The fourth-order valence-corrected chi connectivity index (χ4v) is 1.55. The summed E-state index contributed by atoms with van der Waals surface area (Å²) in [5, 5.41) is 5.15. The summed E-state index contributed by atoms with van der Waals surface area (Å²) < 4.78 is 13.6. The third-order valence-electron chi connectivity index (χ3n) is 2.54. The van der Waals surface area contributed by atoms with Gasteiger partial charge in [0.25, 0.3) is 5.91 Å². The van der Waals surface area contributed by atoms with Gasteiger partial charge in [0.15, 0.2) is 0 Å². The summed E-state index contributed by atoms with van der Waals surface area (Å²) in [7, 11) is 0. The number of rotatable bonds is 4. The molecule has 0 spiro atoms. The van der Waals surface area contributed by atoms with Crippen LogP contribution in [0, 0.1) is 12.7 Å². The average Bonchev–Trinajstić information content (AvgIpc) is 2.27. The van der Waals surface area contributed by atoms with Crippen LogP contribution in [0.2, 0.25) is 0 Å². The van der Waals surface area contributed by atoms with Gasteiger partial charge in [-0.05, 0) is 45.4 Å². The maximum atomic E-state index is 13.6. The minimum atomic E-state index is -0.712. The Kier molecular flexibility index (Phi) is 5.03. The lowest BCUT2D eigenvalue weighted by atomic mass is 10.1. The van der Waals surface area contributed by atoms with E-state index in [-0.39, 0.29) is 17.5 Å². The number of carbonyl (C=O) groups excluding carboxylic acids is 2. The summed E-state index contributed by atoms with van der Waals surface area (Å²) in [4.78, 5) is 23.5. The maximum Gasteiger partial charge on any atom is 0.254 e. The van der Waals surface area contributed by atoms with Crippen LogP contribution in [-0.4, -0.2) is 23.9 Å². The summed E-state index contributed by atoms with van der Waals surface area (Å²) in [6.45, 7) is 6.95. The Morgan fingerprint density at radius 3 is 2.32 bits per heavy atom. The van der Waals surface area contributed by atoms with E-state index in [1.54, 1.807) is 19.9 Å². The molecule has 0 heterocycles. The van der Waals surface area contributed by atoms with Crippen molar-refractivity contribution in [3.63, 3.8) is 0 Å². The fraction of sp³-hybridized carbons (Fsp3) is 0.429. The molecule has 1 unspecified atom stereocenters. The van der Waals surface area contributed by atoms with Gasteiger partial charge in [-0.25, -0.2) is 4.39 Å². The molecule has 0 aliphatic rings. The van der Waals surface area contributed by atoms with Crippen molar-refractivity contribution in [2.45, 2.75) is 39.8 Å².